The summed E-state index contributed by atoms with van der Waals surface area (Å²) in [5.41, 5.74) is 3.35. The van der Waals surface area contributed by atoms with Gasteiger partial charge in [0.05, 0.1) is 16.3 Å². The van der Waals surface area contributed by atoms with Crippen molar-refractivity contribution in [2.75, 3.05) is 11.4 Å². The molecule has 0 saturated carbocycles. The Morgan fingerprint density at radius 3 is 2.85 bits per heavy atom. The van der Waals surface area contributed by atoms with Gasteiger partial charge in [0.25, 0.3) is 5.91 Å². The van der Waals surface area contributed by atoms with Gasteiger partial charge in [0.1, 0.15) is 0 Å². The number of anilines is 1. The van der Waals surface area contributed by atoms with Crippen molar-refractivity contribution in [2.45, 2.75) is 19.5 Å². The van der Waals surface area contributed by atoms with Crippen LogP contribution in [-0.2, 0) is 6.54 Å². The Kier molecular flexibility index (Phi) is 4.49. The highest BCUT2D eigenvalue weighted by molar-refractivity contribution is 6.34. The Hall–Kier alpha value is -2.63. The minimum Gasteiger partial charge on any atom is -0.308 e. The number of nitrogens with one attached hydrogen (secondary N) is 1. The van der Waals surface area contributed by atoms with Crippen molar-refractivity contribution in [1.29, 1.82) is 0 Å². The molecule has 132 valence electrons. The number of hydrogen-bond donors (Lipinski definition) is 1. The Morgan fingerprint density at radius 1 is 1.23 bits per heavy atom. The van der Waals surface area contributed by atoms with Gasteiger partial charge in [-0.1, -0.05) is 29.8 Å². The number of carbonyl (C=O) groups is 1. The third-order valence-corrected chi connectivity index (χ3v) is 4.89. The summed E-state index contributed by atoms with van der Waals surface area (Å²) in [7, 11) is 0. The van der Waals surface area contributed by atoms with E-state index in [4.69, 9.17) is 11.6 Å². The van der Waals surface area contributed by atoms with Gasteiger partial charge in [-0.05, 0) is 42.8 Å². The van der Waals surface area contributed by atoms with Gasteiger partial charge in [-0.25, -0.2) is 4.68 Å². The molecule has 5 nitrogen and oxygen atoms in total. The predicted molar refractivity (Wildman–Crippen MR) is 103 cm³/mol. The van der Waals surface area contributed by atoms with Crippen LogP contribution in [0.1, 0.15) is 22.8 Å². The second-order valence-electron chi connectivity index (χ2n) is 6.44. The van der Waals surface area contributed by atoms with Crippen LogP contribution >= 0.6 is 11.6 Å². The number of rotatable bonds is 2. The summed E-state index contributed by atoms with van der Waals surface area (Å²) >= 11 is 6.46. The van der Waals surface area contributed by atoms with E-state index < -0.39 is 0 Å². The monoisotopic (exact) mass is 366 g/mol. The first kappa shape index (κ1) is 16.8. The lowest BCUT2D eigenvalue weighted by Crippen LogP contribution is -2.39. The average molecular weight is 367 g/mol. The molecule has 0 fully saturated rings. The van der Waals surface area contributed by atoms with Crippen LogP contribution in [0.25, 0.3) is 5.69 Å². The molecule has 1 atom stereocenters. The van der Waals surface area contributed by atoms with Gasteiger partial charge in [0.15, 0.2) is 0 Å². The highest BCUT2D eigenvalue weighted by Crippen LogP contribution is 2.28. The first-order valence-corrected chi connectivity index (χ1v) is 8.94. The number of fused-ring (bicyclic) bond motifs is 1. The molecule has 26 heavy (non-hydrogen) atoms. The minimum atomic E-state index is -0.0926. The largest absolute Gasteiger partial charge is 0.308 e. The number of para-hydroxylation sites is 1. The van der Waals surface area contributed by atoms with Gasteiger partial charge in [-0.3, -0.25) is 4.79 Å². The molecule has 0 spiro atoms. The van der Waals surface area contributed by atoms with Gasteiger partial charge < -0.3 is 10.2 Å². The van der Waals surface area contributed by atoms with Crippen LogP contribution in [-0.4, -0.2) is 28.3 Å². The van der Waals surface area contributed by atoms with Crippen LogP contribution in [0.3, 0.4) is 0 Å². The molecule has 0 saturated heterocycles. The standard InChI is InChI=1S/C20H19ClN4O/c1-14-13-24(19-6-3-2-5-15(19)12-22-14)20(26)17-8-7-16(11-18(17)21)25-10-4-9-23-25/h2-11,14,22H,12-13H2,1H3/t14-/m0/s1. The summed E-state index contributed by atoms with van der Waals surface area (Å²) in [6.07, 6.45) is 3.54. The van der Waals surface area contributed by atoms with Crippen LogP contribution in [0.15, 0.2) is 60.9 Å². The van der Waals surface area contributed by atoms with E-state index >= 15 is 0 Å². The number of hydrogen-bond acceptors (Lipinski definition) is 3. The summed E-state index contributed by atoms with van der Waals surface area (Å²) in [5.74, 6) is -0.0926. The van der Waals surface area contributed by atoms with Crippen LogP contribution in [0, 0.1) is 0 Å². The van der Waals surface area contributed by atoms with Crippen molar-refractivity contribution in [2.24, 2.45) is 0 Å². The van der Waals surface area contributed by atoms with Crippen LogP contribution in [0.2, 0.25) is 5.02 Å². The number of aromatic nitrogens is 2. The molecule has 2 aromatic carbocycles. The third kappa shape index (κ3) is 3.11. The number of benzene rings is 2. The smallest absolute Gasteiger partial charge is 0.259 e. The number of amides is 1. The minimum absolute atomic E-state index is 0.0926. The highest BCUT2D eigenvalue weighted by Gasteiger charge is 2.26. The molecular weight excluding hydrogens is 348 g/mol. The molecule has 1 N–H and O–H groups in total. The summed E-state index contributed by atoms with van der Waals surface area (Å²) in [6.45, 7) is 3.41. The molecule has 4 rings (SSSR count). The average Bonchev–Trinajstić information content (AvgIpc) is 3.13. The van der Waals surface area contributed by atoms with Crippen molar-refractivity contribution < 1.29 is 4.79 Å². The van der Waals surface area contributed by atoms with Gasteiger partial charge in [0, 0.05) is 37.2 Å². The molecule has 6 heteroatoms. The Labute approximate surface area is 157 Å². The third-order valence-electron chi connectivity index (χ3n) is 4.58. The van der Waals surface area contributed by atoms with Crippen molar-refractivity contribution >= 4 is 23.2 Å². The van der Waals surface area contributed by atoms with E-state index in [1.807, 2.05) is 47.5 Å². The zero-order valence-electron chi connectivity index (χ0n) is 14.4. The SMILES string of the molecule is C[C@H]1CN(C(=O)c2ccc(-n3cccn3)cc2Cl)c2ccccc2CN1. The van der Waals surface area contributed by atoms with Crippen molar-refractivity contribution in [3.05, 3.63) is 77.1 Å². The van der Waals surface area contributed by atoms with Crippen molar-refractivity contribution in [3.63, 3.8) is 0 Å². The molecule has 0 aliphatic carbocycles. The fourth-order valence-corrected chi connectivity index (χ4v) is 3.48. The van der Waals surface area contributed by atoms with Gasteiger partial charge in [-0.15, -0.1) is 0 Å². The van der Waals surface area contributed by atoms with E-state index in [0.29, 0.717) is 17.1 Å². The zero-order chi connectivity index (χ0) is 18.1. The van der Waals surface area contributed by atoms with E-state index in [0.717, 1.165) is 23.5 Å². The second-order valence-corrected chi connectivity index (χ2v) is 6.85. The molecule has 0 radical (unpaired) electrons. The molecule has 1 aliphatic heterocycles. The number of halogens is 1. The summed E-state index contributed by atoms with van der Waals surface area (Å²) in [5, 5.41) is 8.06. The molecule has 2 heterocycles. The summed E-state index contributed by atoms with van der Waals surface area (Å²) in [4.78, 5) is 15.1. The van der Waals surface area contributed by atoms with Crippen molar-refractivity contribution in [3.8, 4) is 5.69 Å². The molecule has 3 aromatic rings. The van der Waals surface area contributed by atoms with Gasteiger partial charge >= 0.3 is 0 Å². The molecule has 1 aromatic heterocycles. The second kappa shape index (κ2) is 6.94. The Bertz CT molecular complexity index is 939. The van der Waals surface area contributed by atoms with E-state index in [9.17, 15) is 4.79 Å². The zero-order valence-corrected chi connectivity index (χ0v) is 15.1. The number of carbonyl (C=O) groups excluding carboxylic acids is 1. The maximum atomic E-state index is 13.3. The van der Waals surface area contributed by atoms with Gasteiger partial charge in [0.2, 0.25) is 0 Å². The fourth-order valence-electron chi connectivity index (χ4n) is 3.22. The van der Waals surface area contributed by atoms with Gasteiger partial charge in [-0.2, -0.15) is 5.10 Å². The lowest BCUT2D eigenvalue weighted by molar-refractivity contribution is 0.0985. The van der Waals surface area contributed by atoms with E-state index in [1.165, 1.54) is 0 Å². The molecule has 0 bridgehead atoms. The molecule has 1 aliphatic rings. The molecular formula is C20H19ClN4O. The summed E-state index contributed by atoms with van der Waals surface area (Å²) in [6, 6.07) is 15.4. The summed E-state index contributed by atoms with van der Waals surface area (Å²) < 4.78 is 1.72. The van der Waals surface area contributed by atoms with E-state index in [-0.39, 0.29) is 11.9 Å². The lowest BCUT2D eigenvalue weighted by atomic mass is 10.1. The Balaban J connectivity index is 1.71. The Morgan fingerprint density at radius 2 is 2.08 bits per heavy atom. The highest BCUT2D eigenvalue weighted by atomic mass is 35.5. The van der Waals surface area contributed by atoms with Crippen LogP contribution < -0.4 is 10.2 Å². The topological polar surface area (TPSA) is 50.2 Å². The molecule has 1 amide bonds. The molecule has 0 unspecified atom stereocenters. The van der Waals surface area contributed by atoms with E-state index in [2.05, 4.69) is 17.3 Å². The first-order valence-electron chi connectivity index (χ1n) is 8.56. The first-order chi connectivity index (χ1) is 12.6. The normalized spacial score (nSPS) is 16.8. The fraction of sp³-hybridized carbons (Fsp3) is 0.200. The number of nitrogens with zero attached hydrogens (tertiary/aromatic N) is 3. The van der Waals surface area contributed by atoms with E-state index in [1.54, 1.807) is 23.0 Å². The lowest BCUT2D eigenvalue weighted by Gasteiger charge is -2.25. The quantitative estimate of drug-likeness (QED) is 0.753. The van der Waals surface area contributed by atoms with Crippen LogP contribution in [0.5, 0.6) is 0 Å². The maximum absolute atomic E-state index is 13.3. The van der Waals surface area contributed by atoms with Crippen molar-refractivity contribution in [1.82, 2.24) is 15.1 Å². The maximum Gasteiger partial charge on any atom is 0.259 e. The predicted octanol–water partition coefficient (Wildman–Crippen LogP) is 3.66. The van der Waals surface area contributed by atoms with Crippen LogP contribution in [0.4, 0.5) is 5.69 Å².